The molecule has 5 heteroatoms. The molecule has 2 aliphatic rings. The maximum atomic E-state index is 12.4. The summed E-state index contributed by atoms with van der Waals surface area (Å²) in [6.45, 7) is 7.03. The summed E-state index contributed by atoms with van der Waals surface area (Å²) < 4.78 is 0. The second-order valence-corrected chi connectivity index (χ2v) is 7.42. The minimum Gasteiger partial charge on any atom is -0.393 e. The van der Waals surface area contributed by atoms with E-state index in [0.717, 1.165) is 45.6 Å². The van der Waals surface area contributed by atoms with E-state index in [1.165, 1.54) is 24.0 Å². The van der Waals surface area contributed by atoms with E-state index < -0.39 is 0 Å². The molecular formula is C20H31N3O2. The van der Waals surface area contributed by atoms with Crippen molar-refractivity contribution in [2.75, 3.05) is 26.2 Å². The largest absolute Gasteiger partial charge is 0.393 e. The van der Waals surface area contributed by atoms with E-state index in [1.807, 2.05) is 17.9 Å². The highest BCUT2D eigenvalue weighted by molar-refractivity contribution is 5.74. The minimum absolute atomic E-state index is 0.0466. The van der Waals surface area contributed by atoms with E-state index in [0.29, 0.717) is 12.5 Å². The van der Waals surface area contributed by atoms with Crippen LogP contribution < -0.4 is 5.32 Å². The number of amides is 2. The first kappa shape index (κ1) is 18.2. The molecule has 2 fully saturated rings. The van der Waals surface area contributed by atoms with Crippen LogP contribution in [0, 0.1) is 5.92 Å². The average molecular weight is 345 g/mol. The Morgan fingerprint density at radius 2 is 1.88 bits per heavy atom. The van der Waals surface area contributed by atoms with Gasteiger partial charge in [-0.15, -0.1) is 0 Å². The van der Waals surface area contributed by atoms with E-state index in [1.54, 1.807) is 0 Å². The van der Waals surface area contributed by atoms with Crippen molar-refractivity contribution in [3.63, 3.8) is 0 Å². The molecule has 3 rings (SSSR count). The smallest absolute Gasteiger partial charge is 0.317 e. The third-order valence-electron chi connectivity index (χ3n) is 5.34. The van der Waals surface area contributed by atoms with Gasteiger partial charge in [0.2, 0.25) is 0 Å². The molecule has 1 saturated heterocycles. The number of nitrogens with zero attached hydrogens (tertiary/aromatic N) is 2. The van der Waals surface area contributed by atoms with Gasteiger partial charge in [-0.1, -0.05) is 24.3 Å². The van der Waals surface area contributed by atoms with Gasteiger partial charge in [0.1, 0.15) is 0 Å². The number of piperidine rings is 1. The van der Waals surface area contributed by atoms with Crippen LogP contribution in [0.4, 0.5) is 4.79 Å². The molecule has 1 aromatic rings. The number of carbonyl (C=O) groups is 1. The number of benzene rings is 1. The Hall–Kier alpha value is -1.59. The zero-order valence-corrected chi connectivity index (χ0v) is 15.3. The van der Waals surface area contributed by atoms with Crippen molar-refractivity contribution in [2.45, 2.75) is 51.8 Å². The molecule has 1 aromatic carbocycles. The Bertz CT molecular complexity index is 566. The fourth-order valence-corrected chi connectivity index (χ4v) is 3.45. The Morgan fingerprint density at radius 3 is 2.52 bits per heavy atom. The summed E-state index contributed by atoms with van der Waals surface area (Å²) in [4.78, 5) is 16.7. The first-order valence-corrected chi connectivity index (χ1v) is 9.65. The van der Waals surface area contributed by atoms with Gasteiger partial charge >= 0.3 is 6.03 Å². The molecule has 0 bridgehead atoms. The van der Waals surface area contributed by atoms with Crippen LogP contribution in [-0.4, -0.2) is 53.2 Å². The van der Waals surface area contributed by atoms with E-state index in [4.69, 9.17) is 0 Å². The number of aliphatic hydroxyl groups excluding tert-OH is 1. The lowest BCUT2D eigenvalue weighted by Gasteiger charge is -2.30. The molecule has 0 radical (unpaired) electrons. The summed E-state index contributed by atoms with van der Waals surface area (Å²) in [6, 6.07) is 8.39. The Kier molecular flexibility index (Phi) is 6.32. The lowest BCUT2D eigenvalue weighted by atomic mass is 10.0. The molecule has 25 heavy (non-hydrogen) atoms. The van der Waals surface area contributed by atoms with Crippen LogP contribution in [0.1, 0.15) is 43.7 Å². The fraction of sp³-hybridized carbons (Fsp3) is 0.650. The van der Waals surface area contributed by atoms with Crippen molar-refractivity contribution in [2.24, 2.45) is 5.92 Å². The topological polar surface area (TPSA) is 55.8 Å². The lowest BCUT2D eigenvalue weighted by Crippen LogP contribution is -2.41. The Morgan fingerprint density at radius 1 is 1.20 bits per heavy atom. The predicted octanol–water partition coefficient (Wildman–Crippen LogP) is 2.58. The summed E-state index contributed by atoms with van der Waals surface area (Å²) in [5.41, 5.74) is 2.45. The van der Waals surface area contributed by atoms with Gasteiger partial charge in [0.05, 0.1) is 6.10 Å². The summed E-state index contributed by atoms with van der Waals surface area (Å²) in [6.07, 6.45) is 4.09. The molecule has 138 valence electrons. The zero-order valence-electron chi connectivity index (χ0n) is 15.3. The van der Waals surface area contributed by atoms with Gasteiger partial charge < -0.3 is 15.3 Å². The molecule has 0 spiro atoms. The number of aliphatic hydroxyl groups is 1. The van der Waals surface area contributed by atoms with Crippen molar-refractivity contribution in [1.82, 2.24) is 15.1 Å². The van der Waals surface area contributed by atoms with Gasteiger partial charge in [-0.25, -0.2) is 4.79 Å². The molecule has 0 aromatic heterocycles. The summed E-state index contributed by atoms with van der Waals surface area (Å²) in [7, 11) is 0. The fourth-order valence-electron chi connectivity index (χ4n) is 3.45. The van der Waals surface area contributed by atoms with Crippen LogP contribution in [0.5, 0.6) is 0 Å². The molecule has 2 amide bonds. The second-order valence-electron chi connectivity index (χ2n) is 7.42. The highest BCUT2D eigenvalue weighted by Crippen LogP contribution is 2.29. The van der Waals surface area contributed by atoms with E-state index >= 15 is 0 Å². The normalized spacial score (nSPS) is 19.0. The molecule has 0 atom stereocenters. The third-order valence-corrected chi connectivity index (χ3v) is 5.34. The standard InChI is InChI=1S/C20H31N3O2/c1-2-23(14-16-7-8-16)20(25)21-13-17-5-3-4-6-18(17)15-22-11-9-19(24)10-12-22/h3-6,16,19,24H,2,7-15H2,1H3,(H,21,25). The van der Waals surface area contributed by atoms with Crippen LogP contribution in [-0.2, 0) is 13.1 Å². The molecule has 1 aliphatic carbocycles. The van der Waals surface area contributed by atoms with Crippen molar-refractivity contribution in [3.05, 3.63) is 35.4 Å². The van der Waals surface area contributed by atoms with Gasteiger partial charge in [0.25, 0.3) is 0 Å². The number of urea groups is 1. The molecule has 0 unspecified atom stereocenters. The highest BCUT2D eigenvalue weighted by atomic mass is 16.3. The number of carbonyl (C=O) groups excluding carboxylic acids is 1. The first-order valence-electron chi connectivity index (χ1n) is 9.65. The van der Waals surface area contributed by atoms with Crippen molar-refractivity contribution in [3.8, 4) is 0 Å². The van der Waals surface area contributed by atoms with Gasteiger partial charge in [-0.05, 0) is 49.7 Å². The summed E-state index contributed by atoms with van der Waals surface area (Å²) >= 11 is 0. The predicted molar refractivity (Wildman–Crippen MR) is 99.2 cm³/mol. The molecule has 1 aliphatic heterocycles. The highest BCUT2D eigenvalue weighted by Gasteiger charge is 2.26. The number of rotatable bonds is 7. The molecule has 1 saturated carbocycles. The van der Waals surface area contributed by atoms with Crippen LogP contribution >= 0.6 is 0 Å². The van der Waals surface area contributed by atoms with Gasteiger partial charge in [-0.3, -0.25) is 4.90 Å². The SMILES string of the molecule is CCN(CC1CC1)C(=O)NCc1ccccc1CN1CCC(O)CC1. The van der Waals surface area contributed by atoms with Crippen LogP contribution in [0.25, 0.3) is 0 Å². The molecule has 2 N–H and O–H groups in total. The maximum absolute atomic E-state index is 12.4. The molecule has 5 nitrogen and oxygen atoms in total. The van der Waals surface area contributed by atoms with Gasteiger partial charge in [-0.2, -0.15) is 0 Å². The van der Waals surface area contributed by atoms with Crippen molar-refractivity contribution < 1.29 is 9.90 Å². The third kappa shape index (κ3) is 5.44. The molecular weight excluding hydrogens is 314 g/mol. The number of hydrogen-bond donors (Lipinski definition) is 2. The second kappa shape index (κ2) is 8.68. The lowest BCUT2D eigenvalue weighted by molar-refractivity contribution is 0.0791. The van der Waals surface area contributed by atoms with Crippen molar-refractivity contribution in [1.29, 1.82) is 0 Å². The Labute approximate surface area is 151 Å². The van der Waals surface area contributed by atoms with Crippen LogP contribution in [0.2, 0.25) is 0 Å². The van der Waals surface area contributed by atoms with Gasteiger partial charge in [0, 0.05) is 39.3 Å². The van der Waals surface area contributed by atoms with Crippen LogP contribution in [0.3, 0.4) is 0 Å². The summed E-state index contributed by atoms with van der Waals surface area (Å²) in [5, 5.41) is 12.8. The van der Waals surface area contributed by atoms with Gasteiger partial charge in [0.15, 0.2) is 0 Å². The van der Waals surface area contributed by atoms with E-state index in [-0.39, 0.29) is 12.1 Å². The zero-order chi connectivity index (χ0) is 17.6. The maximum Gasteiger partial charge on any atom is 0.317 e. The van der Waals surface area contributed by atoms with E-state index in [2.05, 4.69) is 28.4 Å². The van der Waals surface area contributed by atoms with Crippen LogP contribution in [0.15, 0.2) is 24.3 Å². The number of hydrogen-bond acceptors (Lipinski definition) is 3. The molecule has 1 heterocycles. The number of likely N-dealkylation sites (tertiary alicyclic amines) is 1. The van der Waals surface area contributed by atoms with E-state index in [9.17, 15) is 9.90 Å². The quantitative estimate of drug-likeness (QED) is 0.799. The monoisotopic (exact) mass is 345 g/mol. The average Bonchev–Trinajstić information content (AvgIpc) is 3.45. The summed E-state index contributed by atoms with van der Waals surface area (Å²) in [5.74, 6) is 0.715. The first-order chi connectivity index (χ1) is 12.2. The Balaban J connectivity index is 1.54. The number of nitrogens with one attached hydrogen (secondary N) is 1. The van der Waals surface area contributed by atoms with Crippen molar-refractivity contribution >= 4 is 6.03 Å². The minimum atomic E-state index is -0.141.